The summed E-state index contributed by atoms with van der Waals surface area (Å²) in [5, 5.41) is 7.38. The van der Waals surface area contributed by atoms with E-state index in [9.17, 15) is 4.79 Å². The smallest absolute Gasteiger partial charge is 0.243 e. The summed E-state index contributed by atoms with van der Waals surface area (Å²) in [4.78, 5) is 17.9. The van der Waals surface area contributed by atoms with Gasteiger partial charge in [0, 0.05) is 25.7 Å². The molecule has 0 bridgehead atoms. The molecule has 0 spiro atoms. The minimum absolute atomic E-state index is 0. The van der Waals surface area contributed by atoms with Crippen molar-refractivity contribution in [1.29, 1.82) is 0 Å². The van der Waals surface area contributed by atoms with E-state index in [1.54, 1.807) is 14.1 Å². The molecule has 2 aromatic carbocycles. The van der Waals surface area contributed by atoms with Crippen LogP contribution in [0.5, 0.6) is 0 Å². The van der Waals surface area contributed by atoms with Crippen molar-refractivity contribution >= 4 is 47.4 Å². The Balaban J connectivity index is 0.00000392. The third-order valence-electron chi connectivity index (χ3n) is 4.14. The lowest BCUT2D eigenvalue weighted by molar-refractivity contribution is -0.127. The molecule has 5 nitrogen and oxygen atoms in total. The number of rotatable bonds is 7. The fourth-order valence-corrected chi connectivity index (χ4v) is 2.58. The molecule has 0 saturated carbocycles. The number of hydrogen-bond donors (Lipinski definition) is 2. The first-order valence-corrected chi connectivity index (χ1v) is 9.38. The number of nitrogens with one attached hydrogen (secondary N) is 2. The standard InChI is InChI=1S/C21H27ClN4O.HI/c1-16(18-9-11-19(22)12-10-18)25-21(24-15-20(27)26(2)3)23-14-13-17-7-5-4-6-8-17;/h4-12,16H,13-15H2,1-3H3,(H2,23,24,25);1H. The second-order valence-corrected chi connectivity index (χ2v) is 6.97. The molecule has 1 unspecified atom stereocenters. The van der Waals surface area contributed by atoms with Crippen molar-refractivity contribution < 1.29 is 4.79 Å². The highest BCUT2D eigenvalue weighted by Gasteiger charge is 2.10. The first-order valence-electron chi connectivity index (χ1n) is 9.00. The summed E-state index contributed by atoms with van der Waals surface area (Å²) in [5.41, 5.74) is 2.34. The number of carbonyl (C=O) groups excluding carboxylic acids is 1. The molecule has 2 rings (SSSR count). The summed E-state index contributed by atoms with van der Waals surface area (Å²) in [5.74, 6) is 0.571. The predicted octanol–water partition coefficient (Wildman–Crippen LogP) is 3.89. The van der Waals surface area contributed by atoms with Crippen molar-refractivity contribution in [2.24, 2.45) is 4.99 Å². The number of nitrogens with zero attached hydrogens (tertiary/aromatic N) is 2. The summed E-state index contributed by atoms with van der Waals surface area (Å²) in [7, 11) is 3.45. The second-order valence-electron chi connectivity index (χ2n) is 6.53. The monoisotopic (exact) mass is 514 g/mol. The maximum atomic E-state index is 11.9. The van der Waals surface area contributed by atoms with Gasteiger partial charge in [-0.05, 0) is 36.6 Å². The van der Waals surface area contributed by atoms with E-state index >= 15 is 0 Å². The largest absolute Gasteiger partial charge is 0.356 e. The lowest BCUT2D eigenvalue weighted by Gasteiger charge is -2.19. The van der Waals surface area contributed by atoms with Gasteiger partial charge in [0.15, 0.2) is 5.96 Å². The van der Waals surface area contributed by atoms with Crippen LogP contribution in [0.1, 0.15) is 24.1 Å². The average Bonchev–Trinajstić information content (AvgIpc) is 2.66. The van der Waals surface area contributed by atoms with Gasteiger partial charge in [0.25, 0.3) is 0 Å². The molecular weight excluding hydrogens is 487 g/mol. The molecule has 152 valence electrons. The molecule has 1 amide bonds. The molecule has 0 heterocycles. The summed E-state index contributed by atoms with van der Waals surface area (Å²) in [6, 6.07) is 18.0. The van der Waals surface area contributed by atoms with Gasteiger partial charge in [-0.3, -0.25) is 4.79 Å². The van der Waals surface area contributed by atoms with Crippen LogP contribution in [0.25, 0.3) is 0 Å². The molecule has 28 heavy (non-hydrogen) atoms. The Morgan fingerprint density at radius 3 is 2.36 bits per heavy atom. The Bertz CT molecular complexity index is 751. The van der Waals surface area contributed by atoms with Crippen LogP contribution in [-0.2, 0) is 11.2 Å². The fourth-order valence-electron chi connectivity index (χ4n) is 2.45. The Morgan fingerprint density at radius 1 is 1.11 bits per heavy atom. The molecule has 2 aromatic rings. The van der Waals surface area contributed by atoms with Crippen LogP contribution < -0.4 is 10.6 Å². The maximum Gasteiger partial charge on any atom is 0.243 e. The van der Waals surface area contributed by atoms with Gasteiger partial charge in [0.1, 0.15) is 6.54 Å². The van der Waals surface area contributed by atoms with Crippen LogP contribution in [0.15, 0.2) is 59.6 Å². The summed E-state index contributed by atoms with van der Waals surface area (Å²) in [6.07, 6.45) is 0.874. The minimum Gasteiger partial charge on any atom is -0.356 e. The lowest BCUT2D eigenvalue weighted by Crippen LogP contribution is -2.40. The zero-order valence-corrected chi connectivity index (χ0v) is 19.6. The number of halogens is 2. The van der Waals surface area contributed by atoms with Gasteiger partial charge < -0.3 is 15.5 Å². The third kappa shape index (κ3) is 8.48. The van der Waals surface area contributed by atoms with Gasteiger partial charge in [0.2, 0.25) is 5.91 Å². The van der Waals surface area contributed by atoms with Crippen molar-refractivity contribution in [3.05, 3.63) is 70.7 Å². The molecule has 0 aliphatic rings. The van der Waals surface area contributed by atoms with Crippen LogP contribution in [0.4, 0.5) is 0 Å². The molecule has 1 atom stereocenters. The van der Waals surface area contributed by atoms with E-state index in [0.29, 0.717) is 11.0 Å². The number of benzene rings is 2. The van der Waals surface area contributed by atoms with Crippen molar-refractivity contribution in [1.82, 2.24) is 15.5 Å². The van der Waals surface area contributed by atoms with Gasteiger partial charge in [-0.15, -0.1) is 24.0 Å². The van der Waals surface area contributed by atoms with Crippen molar-refractivity contribution in [2.75, 3.05) is 27.2 Å². The van der Waals surface area contributed by atoms with Crippen LogP contribution in [0.3, 0.4) is 0 Å². The number of hydrogen-bond acceptors (Lipinski definition) is 2. The van der Waals surface area contributed by atoms with Crippen LogP contribution >= 0.6 is 35.6 Å². The van der Waals surface area contributed by atoms with E-state index < -0.39 is 0 Å². The van der Waals surface area contributed by atoms with Crippen molar-refractivity contribution in [2.45, 2.75) is 19.4 Å². The molecule has 0 aromatic heterocycles. The molecule has 0 aliphatic heterocycles. The number of amides is 1. The normalized spacial score (nSPS) is 11.9. The summed E-state index contributed by atoms with van der Waals surface area (Å²) in [6.45, 7) is 2.87. The number of aliphatic imine (C=N–C) groups is 1. The Labute approximate surface area is 189 Å². The summed E-state index contributed by atoms with van der Waals surface area (Å²) >= 11 is 5.96. The van der Waals surface area contributed by atoms with E-state index in [0.717, 1.165) is 18.5 Å². The highest BCUT2D eigenvalue weighted by atomic mass is 127. The summed E-state index contributed by atoms with van der Waals surface area (Å²) < 4.78 is 0. The van der Waals surface area contributed by atoms with Gasteiger partial charge in [-0.2, -0.15) is 0 Å². The maximum absolute atomic E-state index is 11.9. The average molecular weight is 515 g/mol. The number of likely N-dealkylation sites (N-methyl/N-ethyl adjacent to an activating group) is 1. The molecule has 7 heteroatoms. The first-order chi connectivity index (χ1) is 13.0. The zero-order valence-electron chi connectivity index (χ0n) is 16.5. The number of carbonyl (C=O) groups is 1. The Morgan fingerprint density at radius 2 is 1.75 bits per heavy atom. The van der Waals surface area contributed by atoms with Crippen LogP contribution in [0.2, 0.25) is 5.02 Å². The Kier molecular flexibility index (Phi) is 10.9. The van der Waals surface area contributed by atoms with E-state index in [2.05, 4.69) is 27.8 Å². The quantitative estimate of drug-likeness (QED) is 0.335. The molecule has 0 fully saturated rings. The van der Waals surface area contributed by atoms with Crippen molar-refractivity contribution in [3.63, 3.8) is 0 Å². The van der Waals surface area contributed by atoms with E-state index in [1.165, 1.54) is 10.5 Å². The van der Waals surface area contributed by atoms with Crippen molar-refractivity contribution in [3.8, 4) is 0 Å². The minimum atomic E-state index is -0.0432. The first kappa shape index (κ1) is 24.2. The second kappa shape index (κ2) is 12.6. The Hall–Kier alpha value is -1.80. The van der Waals surface area contributed by atoms with E-state index in [4.69, 9.17) is 11.6 Å². The molecule has 0 radical (unpaired) electrons. The van der Waals surface area contributed by atoms with Crippen LogP contribution in [-0.4, -0.2) is 44.0 Å². The van der Waals surface area contributed by atoms with Crippen LogP contribution in [0, 0.1) is 0 Å². The zero-order chi connectivity index (χ0) is 19.6. The van der Waals surface area contributed by atoms with E-state index in [1.807, 2.05) is 49.4 Å². The SMILES string of the molecule is CC(NC(=NCC(=O)N(C)C)NCCc1ccccc1)c1ccc(Cl)cc1.I. The lowest BCUT2D eigenvalue weighted by atomic mass is 10.1. The van der Waals surface area contributed by atoms with E-state index in [-0.39, 0.29) is 42.5 Å². The molecular formula is C21H28ClIN4O. The van der Waals surface area contributed by atoms with Gasteiger partial charge in [-0.25, -0.2) is 4.99 Å². The predicted molar refractivity (Wildman–Crippen MR) is 128 cm³/mol. The highest BCUT2D eigenvalue weighted by Crippen LogP contribution is 2.15. The molecule has 0 saturated heterocycles. The van der Waals surface area contributed by atoms with Gasteiger partial charge in [0.05, 0.1) is 6.04 Å². The highest BCUT2D eigenvalue weighted by molar-refractivity contribution is 14.0. The third-order valence-corrected chi connectivity index (χ3v) is 4.40. The topological polar surface area (TPSA) is 56.7 Å². The molecule has 0 aliphatic carbocycles. The van der Waals surface area contributed by atoms with Gasteiger partial charge >= 0.3 is 0 Å². The number of guanidine groups is 1. The fraction of sp³-hybridized carbons (Fsp3) is 0.333. The van der Waals surface area contributed by atoms with Gasteiger partial charge in [-0.1, -0.05) is 54.1 Å². The molecule has 2 N–H and O–H groups in total.